The van der Waals surface area contributed by atoms with Crippen LogP contribution in [0.15, 0.2) is 29.1 Å². The van der Waals surface area contributed by atoms with Gasteiger partial charge in [0, 0.05) is 30.3 Å². The Morgan fingerprint density at radius 3 is 2.66 bits per heavy atom. The van der Waals surface area contributed by atoms with Gasteiger partial charge in [-0.1, -0.05) is 6.42 Å². The van der Waals surface area contributed by atoms with Crippen molar-refractivity contribution in [2.45, 2.75) is 51.5 Å². The number of piperidine rings is 1. The van der Waals surface area contributed by atoms with Crippen LogP contribution in [0.2, 0.25) is 0 Å². The molecule has 1 fully saturated rings. The van der Waals surface area contributed by atoms with Gasteiger partial charge >= 0.3 is 0 Å². The maximum absolute atomic E-state index is 12.5. The Kier molecular flexibility index (Phi) is 4.97. The first-order valence-electron chi connectivity index (χ1n) is 10.6. The number of aryl methyl sites for hydroxylation is 1. The second-order valence-corrected chi connectivity index (χ2v) is 8.05. The van der Waals surface area contributed by atoms with Crippen LogP contribution < -0.4 is 5.43 Å². The van der Waals surface area contributed by atoms with Crippen molar-refractivity contribution in [2.75, 3.05) is 13.1 Å². The fraction of sp³-hybridized carbons (Fsp3) is 0.455. The van der Waals surface area contributed by atoms with E-state index >= 15 is 0 Å². The molecule has 2 N–H and O–H groups in total. The average Bonchev–Trinajstić information content (AvgIpc) is 3.30. The third kappa shape index (κ3) is 3.62. The van der Waals surface area contributed by atoms with Crippen LogP contribution in [0, 0.1) is 0 Å². The molecule has 2 aromatic heterocycles. The van der Waals surface area contributed by atoms with E-state index in [0.717, 1.165) is 38.2 Å². The molecular formula is C22H26N6O. The summed E-state index contributed by atoms with van der Waals surface area (Å²) in [5.74, 6) is 0.259. The number of aromatic nitrogens is 3. The van der Waals surface area contributed by atoms with Crippen LogP contribution in [0.3, 0.4) is 0 Å². The first-order chi connectivity index (χ1) is 14.3. The number of rotatable bonds is 4. The molecule has 1 saturated heterocycles. The van der Waals surface area contributed by atoms with E-state index in [2.05, 4.69) is 30.4 Å². The molecule has 5 rings (SSSR count). The topological polar surface area (TPSA) is 86.3 Å². The molecule has 2 aromatic rings. The summed E-state index contributed by atoms with van der Waals surface area (Å²) in [6.07, 6.45) is 13.8. The molecule has 7 heteroatoms. The van der Waals surface area contributed by atoms with Crippen molar-refractivity contribution >= 4 is 17.7 Å². The third-order valence-electron chi connectivity index (χ3n) is 6.11. The predicted octanol–water partition coefficient (Wildman–Crippen LogP) is 2.59. The lowest BCUT2D eigenvalue weighted by molar-refractivity contribution is -0.116. The van der Waals surface area contributed by atoms with E-state index in [1.165, 1.54) is 48.9 Å². The van der Waals surface area contributed by atoms with Gasteiger partial charge in [-0.25, -0.2) is 15.4 Å². The molecule has 7 nitrogen and oxygen atoms in total. The van der Waals surface area contributed by atoms with Gasteiger partial charge in [-0.3, -0.25) is 9.69 Å². The van der Waals surface area contributed by atoms with Crippen molar-refractivity contribution < 1.29 is 4.79 Å². The maximum Gasteiger partial charge on any atom is 0.273 e. The zero-order valence-corrected chi connectivity index (χ0v) is 16.6. The first kappa shape index (κ1) is 18.2. The minimum absolute atomic E-state index is 0.205. The Morgan fingerprint density at radius 1 is 1.03 bits per heavy atom. The van der Waals surface area contributed by atoms with Crippen molar-refractivity contribution in [1.82, 2.24) is 25.3 Å². The highest BCUT2D eigenvalue weighted by molar-refractivity contribution is 6.32. The van der Waals surface area contributed by atoms with Crippen LogP contribution in [0.4, 0.5) is 0 Å². The molecule has 1 amide bonds. The van der Waals surface area contributed by atoms with Crippen LogP contribution in [0.1, 0.15) is 60.4 Å². The number of carbonyl (C=O) groups excluding carboxylic acids is 1. The monoisotopic (exact) mass is 390 g/mol. The van der Waals surface area contributed by atoms with E-state index in [1.54, 1.807) is 18.5 Å². The number of hydrogen-bond donors (Lipinski definition) is 2. The number of H-pyrrole nitrogens is 1. The van der Waals surface area contributed by atoms with E-state index in [1.807, 2.05) is 6.08 Å². The molecule has 0 radical (unpaired) electrons. The van der Waals surface area contributed by atoms with Crippen molar-refractivity contribution in [3.63, 3.8) is 0 Å². The summed E-state index contributed by atoms with van der Waals surface area (Å²) in [6, 6.07) is 1.76. The smallest absolute Gasteiger partial charge is 0.273 e. The van der Waals surface area contributed by atoms with Gasteiger partial charge in [-0.15, -0.1) is 0 Å². The molecule has 0 bridgehead atoms. The molecule has 0 unspecified atom stereocenters. The van der Waals surface area contributed by atoms with E-state index in [-0.39, 0.29) is 5.91 Å². The predicted molar refractivity (Wildman–Crippen MR) is 111 cm³/mol. The number of hydrazone groups is 1. The summed E-state index contributed by atoms with van der Waals surface area (Å²) >= 11 is 0. The van der Waals surface area contributed by atoms with Crippen molar-refractivity contribution in [3.05, 3.63) is 52.4 Å². The lowest BCUT2D eigenvalue weighted by Crippen LogP contribution is -2.29. The highest BCUT2D eigenvalue weighted by atomic mass is 16.2. The van der Waals surface area contributed by atoms with Crippen LogP contribution in [-0.4, -0.2) is 44.6 Å². The Balaban J connectivity index is 1.53. The van der Waals surface area contributed by atoms with Crippen LogP contribution in [-0.2, 0) is 24.2 Å². The quantitative estimate of drug-likeness (QED) is 0.786. The molecule has 29 heavy (non-hydrogen) atoms. The Hall–Kier alpha value is -2.80. The fourth-order valence-corrected chi connectivity index (χ4v) is 4.63. The molecular weight excluding hydrogens is 364 g/mol. The van der Waals surface area contributed by atoms with Crippen molar-refractivity contribution in [2.24, 2.45) is 5.10 Å². The van der Waals surface area contributed by atoms with Gasteiger partial charge in [-0.05, 0) is 74.9 Å². The SMILES string of the molecule is O=C1NN=C(c2ncccn2)/C1=C\c1[nH]c2c(c1CN1CCCCC1)CCCC2. The first-order valence-corrected chi connectivity index (χ1v) is 10.6. The minimum Gasteiger partial charge on any atom is -0.358 e. The van der Waals surface area contributed by atoms with Gasteiger partial charge in [0.2, 0.25) is 0 Å². The number of nitrogens with one attached hydrogen (secondary N) is 2. The number of nitrogens with zero attached hydrogens (tertiary/aromatic N) is 4. The summed E-state index contributed by atoms with van der Waals surface area (Å²) in [6.45, 7) is 3.25. The third-order valence-corrected chi connectivity index (χ3v) is 6.11. The molecule has 1 aliphatic carbocycles. The van der Waals surface area contributed by atoms with E-state index in [4.69, 9.17) is 0 Å². The molecule has 2 aliphatic heterocycles. The van der Waals surface area contributed by atoms with E-state index in [9.17, 15) is 4.79 Å². The maximum atomic E-state index is 12.5. The molecule has 0 spiro atoms. The average molecular weight is 390 g/mol. The number of likely N-dealkylation sites (tertiary alicyclic amines) is 1. The highest BCUT2D eigenvalue weighted by Gasteiger charge is 2.28. The number of hydrogen-bond acceptors (Lipinski definition) is 5. The van der Waals surface area contributed by atoms with Gasteiger partial charge in [0.05, 0.1) is 5.57 Å². The number of amides is 1. The van der Waals surface area contributed by atoms with Gasteiger partial charge in [0.25, 0.3) is 5.91 Å². The van der Waals surface area contributed by atoms with Crippen LogP contribution in [0.5, 0.6) is 0 Å². The van der Waals surface area contributed by atoms with Gasteiger partial charge in [-0.2, -0.15) is 5.10 Å². The summed E-state index contributed by atoms with van der Waals surface area (Å²) < 4.78 is 0. The Labute approximate surface area is 170 Å². The van der Waals surface area contributed by atoms with Crippen LogP contribution >= 0.6 is 0 Å². The number of carbonyl (C=O) groups is 1. The summed E-state index contributed by atoms with van der Waals surface area (Å²) in [5, 5.41) is 4.19. The summed E-state index contributed by atoms with van der Waals surface area (Å²) in [4.78, 5) is 27.3. The molecule has 0 saturated carbocycles. The zero-order valence-electron chi connectivity index (χ0n) is 16.6. The van der Waals surface area contributed by atoms with Crippen molar-refractivity contribution in [3.8, 4) is 0 Å². The van der Waals surface area contributed by atoms with Gasteiger partial charge in [0.1, 0.15) is 5.71 Å². The second-order valence-electron chi connectivity index (χ2n) is 8.05. The highest BCUT2D eigenvalue weighted by Crippen LogP contribution is 2.30. The lowest BCUT2D eigenvalue weighted by atomic mass is 9.93. The Morgan fingerprint density at radius 2 is 1.83 bits per heavy atom. The van der Waals surface area contributed by atoms with Gasteiger partial charge in [0.15, 0.2) is 5.82 Å². The molecule has 0 aromatic carbocycles. The van der Waals surface area contributed by atoms with E-state index in [0.29, 0.717) is 17.1 Å². The number of fused-ring (bicyclic) bond motifs is 1. The summed E-state index contributed by atoms with van der Waals surface area (Å²) in [7, 11) is 0. The van der Waals surface area contributed by atoms with Gasteiger partial charge < -0.3 is 4.98 Å². The lowest BCUT2D eigenvalue weighted by Gasteiger charge is -2.27. The van der Waals surface area contributed by atoms with E-state index < -0.39 is 0 Å². The van der Waals surface area contributed by atoms with Crippen LogP contribution in [0.25, 0.3) is 6.08 Å². The Bertz CT molecular complexity index is 969. The molecule has 4 heterocycles. The zero-order chi connectivity index (χ0) is 19.6. The standard InChI is InChI=1S/C22H26N6O/c29-22-16(20(26-27-22)21-23-9-6-10-24-21)13-19-17(14-28-11-4-1-5-12-28)15-7-2-3-8-18(15)25-19/h6,9-10,13,25H,1-5,7-8,11-12,14H2,(H,27,29)/b16-13+. The fourth-order valence-electron chi connectivity index (χ4n) is 4.63. The molecule has 150 valence electrons. The second kappa shape index (κ2) is 7.91. The largest absolute Gasteiger partial charge is 0.358 e. The van der Waals surface area contributed by atoms with Crippen molar-refractivity contribution in [1.29, 1.82) is 0 Å². The molecule has 0 atom stereocenters. The molecule has 3 aliphatic rings. The minimum atomic E-state index is -0.205. The summed E-state index contributed by atoms with van der Waals surface area (Å²) in [5.41, 5.74) is 8.79. The normalized spacial score (nSPS) is 21.2. The number of aromatic amines is 1.